The number of ether oxygens (including phenoxy) is 1. The zero-order valence-corrected chi connectivity index (χ0v) is 10.7. The first-order chi connectivity index (χ1) is 9.33. The van der Waals surface area contributed by atoms with Crippen molar-refractivity contribution < 1.29 is 22.7 Å². The standard InChI is InChI=1S/C13H15F3N2O2/c14-13(15,16)20-11-3-1-9(2-4-11)7-12(19)18-6-5-10(17)8-18/h1-4,10H,5-8,17H2. The molecular weight excluding hydrogens is 273 g/mol. The quantitative estimate of drug-likeness (QED) is 0.921. The van der Waals surface area contributed by atoms with E-state index in [0.717, 1.165) is 6.42 Å². The second-order valence-electron chi connectivity index (χ2n) is 4.76. The van der Waals surface area contributed by atoms with E-state index in [2.05, 4.69) is 4.74 Å². The first kappa shape index (κ1) is 14.6. The Kier molecular flexibility index (Phi) is 4.17. The Hall–Kier alpha value is -1.76. The van der Waals surface area contributed by atoms with Crippen molar-refractivity contribution in [2.45, 2.75) is 25.2 Å². The van der Waals surface area contributed by atoms with Crippen molar-refractivity contribution in [2.75, 3.05) is 13.1 Å². The SMILES string of the molecule is NC1CCN(C(=O)Cc2ccc(OC(F)(F)F)cc2)C1. The Morgan fingerprint density at radius 3 is 2.50 bits per heavy atom. The van der Waals surface area contributed by atoms with Gasteiger partial charge < -0.3 is 15.4 Å². The van der Waals surface area contributed by atoms with E-state index in [0.29, 0.717) is 18.7 Å². The molecular formula is C13H15F3N2O2. The molecule has 1 aliphatic heterocycles. The van der Waals surface area contributed by atoms with Crippen LogP contribution in [0.3, 0.4) is 0 Å². The maximum Gasteiger partial charge on any atom is 0.573 e. The zero-order chi connectivity index (χ0) is 14.8. The van der Waals surface area contributed by atoms with Gasteiger partial charge in [0.05, 0.1) is 6.42 Å². The predicted molar refractivity (Wildman–Crippen MR) is 66.0 cm³/mol. The number of carbonyl (C=O) groups excluding carboxylic acids is 1. The van der Waals surface area contributed by atoms with Crippen molar-refractivity contribution in [3.63, 3.8) is 0 Å². The maximum atomic E-state index is 12.0. The molecule has 0 bridgehead atoms. The smallest absolute Gasteiger partial charge is 0.406 e. The topological polar surface area (TPSA) is 55.6 Å². The Bertz CT molecular complexity index is 473. The summed E-state index contributed by atoms with van der Waals surface area (Å²) in [6, 6.07) is 5.32. The molecule has 0 spiro atoms. The number of nitrogens with two attached hydrogens (primary N) is 1. The number of likely N-dealkylation sites (tertiary alicyclic amines) is 1. The van der Waals surface area contributed by atoms with Crippen LogP contribution >= 0.6 is 0 Å². The number of nitrogens with zero attached hydrogens (tertiary/aromatic N) is 1. The number of hydrogen-bond acceptors (Lipinski definition) is 3. The van der Waals surface area contributed by atoms with E-state index in [9.17, 15) is 18.0 Å². The van der Waals surface area contributed by atoms with Crippen LogP contribution in [-0.2, 0) is 11.2 Å². The van der Waals surface area contributed by atoms with Gasteiger partial charge in [-0.05, 0) is 24.1 Å². The van der Waals surface area contributed by atoms with Crippen molar-refractivity contribution >= 4 is 5.91 Å². The molecule has 1 saturated heterocycles. The molecule has 1 aromatic rings. The van der Waals surface area contributed by atoms with Crippen LogP contribution in [0.15, 0.2) is 24.3 Å². The van der Waals surface area contributed by atoms with Crippen LogP contribution in [0.2, 0.25) is 0 Å². The Morgan fingerprint density at radius 1 is 1.35 bits per heavy atom. The molecule has 1 atom stereocenters. The van der Waals surface area contributed by atoms with Gasteiger partial charge in [0.2, 0.25) is 5.91 Å². The molecule has 4 nitrogen and oxygen atoms in total. The lowest BCUT2D eigenvalue weighted by Gasteiger charge is -2.16. The van der Waals surface area contributed by atoms with E-state index in [1.165, 1.54) is 24.3 Å². The lowest BCUT2D eigenvalue weighted by molar-refractivity contribution is -0.274. The van der Waals surface area contributed by atoms with E-state index in [4.69, 9.17) is 5.73 Å². The lowest BCUT2D eigenvalue weighted by Crippen LogP contribution is -2.32. The predicted octanol–water partition coefficient (Wildman–Crippen LogP) is 1.69. The normalized spacial score (nSPS) is 19.2. The number of rotatable bonds is 3. The largest absolute Gasteiger partial charge is 0.573 e. The third kappa shape index (κ3) is 4.12. The average Bonchev–Trinajstić information content (AvgIpc) is 2.77. The van der Waals surface area contributed by atoms with E-state index < -0.39 is 6.36 Å². The van der Waals surface area contributed by atoms with Crippen molar-refractivity contribution in [1.29, 1.82) is 0 Å². The summed E-state index contributed by atoms with van der Waals surface area (Å²) in [5.74, 6) is -0.362. The van der Waals surface area contributed by atoms with Crippen LogP contribution < -0.4 is 10.5 Å². The molecule has 2 N–H and O–H groups in total. The van der Waals surface area contributed by atoms with Crippen LogP contribution in [0.4, 0.5) is 13.2 Å². The molecule has 20 heavy (non-hydrogen) atoms. The number of benzene rings is 1. The molecule has 1 aromatic carbocycles. The van der Waals surface area contributed by atoms with Crippen molar-refractivity contribution in [3.8, 4) is 5.75 Å². The second-order valence-corrected chi connectivity index (χ2v) is 4.76. The van der Waals surface area contributed by atoms with Gasteiger partial charge in [-0.25, -0.2) is 0 Å². The molecule has 0 aliphatic carbocycles. The van der Waals surface area contributed by atoms with E-state index in [1.807, 2.05) is 0 Å². The second kappa shape index (κ2) is 5.70. The van der Waals surface area contributed by atoms with Gasteiger partial charge in [-0.2, -0.15) is 0 Å². The van der Waals surface area contributed by atoms with Crippen LogP contribution in [0.25, 0.3) is 0 Å². The highest BCUT2D eigenvalue weighted by atomic mass is 19.4. The molecule has 7 heteroatoms. The molecule has 1 aliphatic rings. The van der Waals surface area contributed by atoms with Gasteiger partial charge in [0.1, 0.15) is 5.75 Å². The molecule has 1 fully saturated rings. The number of amides is 1. The lowest BCUT2D eigenvalue weighted by atomic mass is 10.1. The summed E-state index contributed by atoms with van der Waals surface area (Å²) in [5.41, 5.74) is 6.36. The van der Waals surface area contributed by atoms with Gasteiger partial charge >= 0.3 is 6.36 Å². The number of hydrogen-bond donors (Lipinski definition) is 1. The van der Waals surface area contributed by atoms with Gasteiger partial charge in [0.25, 0.3) is 0 Å². The molecule has 1 amide bonds. The summed E-state index contributed by atoms with van der Waals surface area (Å²) in [6.45, 7) is 1.17. The van der Waals surface area contributed by atoms with Gasteiger partial charge in [0, 0.05) is 19.1 Å². The first-order valence-electron chi connectivity index (χ1n) is 6.21. The maximum absolute atomic E-state index is 12.0. The van der Waals surface area contributed by atoms with Gasteiger partial charge in [-0.3, -0.25) is 4.79 Å². The highest BCUT2D eigenvalue weighted by Gasteiger charge is 2.31. The van der Waals surface area contributed by atoms with Crippen molar-refractivity contribution in [3.05, 3.63) is 29.8 Å². The van der Waals surface area contributed by atoms with Crippen LogP contribution in [0.1, 0.15) is 12.0 Å². The van der Waals surface area contributed by atoms with Gasteiger partial charge in [-0.1, -0.05) is 12.1 Å². The summed E-state index contributed by atoms with van der Waals surface area (Å²) in [6.07, 6.45) is -3.77. The third-order valence-electron chi connectivity index (χ3n) is 3.09. The fourth-order valence-electron chi connectivity index (χ4n) is 2.11. The van der Waals surface area contributed by atoms with Crippen LogP contribution in [-0.4, -0.2) is 36.3 Å². The summed E-state index contributed by atoms with van der Waals surface area (Å²) in [7, 11) is 0. The molecule has 0 aromatic heterocycles. The minimum Gasteiger partial charge on any atom is -0.406 e. The highest BCUT2D eigenvalue weighted by molar-refractivity contribution is 5.79. The fraction of sp³-hybridized carbons (Fsp3) is 0.462. The Labute approximate surface area is 114 Å². The van der Waals surface area contributed by atoms with Gasteiger partial charge in [-0.15, -0.1) is 13.2 Å². The molecule has 0 radical (unpaired) electrons. The van der Waals surface area contributed by atoms with Crippen molar-refractivity contribution in [1.82, 2.24) is 4.90 Å². The minimum absolute atomic E-state index is 0.0153. The summed E-state index contributed by atoms with van der Waals surface area (Å²) in [4.78, 5) is 13.6. The first-order valence-corrected chi connectivity index (χ1v) is 6.21. The molecule has 0 saturated carbocycles. The average molecular weight is 288 g/mol. The van der Waals surface area contributed by atoms with Crippen LogP contribution in [0, 0.1) is 0 Å². The summed E-state index contributed by atoms with van der Waals surface area (Å²) >= 11 is 0. The fourth-order valence-corrected chi connectivity index (χ4v) is 2.11. The van der Waals surface area contributed by atoms with Crippen LogP contribution in [0.5, 0.6) is 5.75 Å². The molecule has 2 rings (SSSR count). The Balaban J connectivity index is 1.92. The number of halogens is 3. The van der Waals surface area contributed by atoms with Crippen molar-refractivity contribution in [2.24, 2.45) is 5.73 Å². The molecule has 110 valence electrons. The van der Waals surface area contributed by atoms with E-state index in [1.54, 1.807) is 4.90 Å². The molecule has 1 heterocycles. The number of carbonyl (C=O) groups is 1. The summed E-state index contributed by atoms with van der Waals surface area (Å²) < 4.78 is 39.8. The monoisotopic (exact) mass is 288 g/mol. The minimum atomic E-state index is -4.71. The molecule has 1 unspecified atom stereocenters. The highest BCUT2D eigenvalue weighted by Crippen LogP contribution is 2.23. The van der Waals surface area contributed by atoms with E-state index >= 15 is 0 Å². The van der Waals surface area contributed by atoms with E-state index in [-0.39, 0.29) is 24.1 Å². The van der Waals surface area contributed by atoms with Gasteiger partial charge in [0.15, 0.2) is 0 Å². The Morgan fingerprint density at radius 2 is 2.00 bits per heavy atom. The zero-order valence-electron chi connectivity index (χ0n) is 10.7. The number of alkyl halides is 3. The third-order valence-corrected chi connectivity index (χ3v) is 3.09. The summed E-state index contributed by atoms with van der Waals surface area (Å²) in [5, 5.41) is 0.